The van der Waals surface area contributed by atoms with E-state index in [0.29, 0.717) is 5.76 Å². The number of nitrogens with one attached hydrogen (secondary N) is 1. The lowest BCUT2D eigenvalue weighted by atomic mass is 10.2. The first-order chi connectivity index (χ1) is 12.1. The highest BCUT2D eigenvalue weighted by atomic mass is 35.5. The van der Waals surface area contributed by atoms with Crippen molar-refractivity contribution < 1.29 is 22.7 Å². The first kappa shape index (κ1) is 20.4. The zero-order valence-electron chi connectivity index (χ0n) is 14.6. The van der Waals surface area contributed by atoms with Gasteiger partial charge in [-0.1, -0.05) is 11.6 Å². The molecule has 0 radical (unpaired) electrons. The quantitative estimate of drug-likeness (QED) is 0.743. The third-order valence-corrected chi connectivity index (χ3v) is 6.27. The molecular weight excluding hydrogens is 380 g/mol. The second-order valence-electron chi connectivity index (χ2n) is 6.00. The van der Waals surface area contributed by atoms with Gasteiger partial charge in [0.2, 0.25) is 10.0 Å². The maximum absolute atomic E-state index is 12.6. The van der Waals surface area contributed by atoms with E-state index in [1.807, 2.05) is 0 Å². The number of aliphatic hydroxyl groups excluding tert-OH is 1. The second kappa shape index (κ2) is 8.22. The monoisotopic (exact) mass is 400 g/mol. The molecule has 0 spiro atoms. The molecule has 1 atom stereocenters. The molecule has 2 aromatic rings. The number of carbonyl (C=O) groups excluding carboxylic acids is 1. The number of benzene rings is 1. The van der Waals surface area contributed by atoms with Gasteiger partial charge < -0.3 is 14.8 Å². The van der Waals surface area contributed by atoms with E-state index in [2.05, 4.69) is 5.32 Å². The third-order valence-electron chi connectivity index (χ3n) is 3.91. The van der Waals surface area contributed by atoms with Crippen LogP contribution in [0.15, 0.2) is 45.9 Å². The Balaban J connectivity index is 2.20. The fourth-order valence-corrected chi connectivity index (χ4v) is 3.75. The van der Waals surface area contributed by atoms with Gasteiger partial charge in [-0.25, -0.2) is 8.42 Å². The second-order valence-corrected chi connectivity index (χ2v) is 8.40. The molecule has 26 heavy (non-hydrogen) atoms. The Bertz CT molecular complexity index is 865. The van der Waals surface area contributed by atoms with Crippen molar-refractivity contribution in [1.29, 1.82) is 0 Å². The van der Waals surface area contributed by atoms with Crippen LogP contribution in [0, 0.1) is 0 Å². The van der Waals surface area contributed by atoms with E-state index < -0.39 is 22.0 Å². The highest BCUT2D eigenvalue weighted by Gasteiger charge is 2.25. The molecule has 0 saturated carbocycles. The van der Waals surface area contributed by atoms with Crippen molar-refractivity contribution in [3.63, 3.8) is 0 Å². The summed E-state index contributed by atoms with van der Waals surface area (Å²) in [5.41, 5.74) is 0.0107. The van der Waals surface area contributed by atoms with Crippen molar-refractivity contribution in [1.82, 2.24) is 9.62 Å². The zero-order chi connectivity index (χ0) is 19.5. The number of amides is 1. The molecule has 2 N–H and O–H groups in total. The first-order valence-electron chi connectivity index (χ1n) is 7.92. The highest BCUT2D eigenvalue weighted by molar-refractivity contribution is 7.89. The third kappa shape index (κ3) is 4.45. The van der Waals surface area contributed by atoms with Crippen molar-refractivity contribution in [2.24, 2.45) is 0 Å². The summed E-state index contributed by atoms with van der Waals surface area (Å²) in [7, 11) is -2.28. The Morgan fingerprint density at radius 2 is 2.04 bits per heavy atom. The van der Waals surface area contributed by atoms with Crippen LogP contribution in [0.3, 0.4) is 0 Å². The number of nitrogens with zero attached hydrogens (tertiary/aromatic N) is 1. The summed E-state index contributed by atoms with van der Waals surface area (Å²) >= 11 is 6.05. The highest BCUT2D eigenvalue weighted by Crippen LogP contribution is 2.23. The number of aliphatic hydroxyl groups is 1. The SMILES string of the molecule is CC(C)N(C)S(=O)(=O)c1ccc(Cl)c(C(=O)NCC(O)c2ccco2)c1. The van der Waals surface area contributed by atoms with Crippen LogP contribution in [0.25, 0.3) is 0 Å². The van der Waals surface area contributed by atoms with E-state index in [0.717, 1.165) is 0 Å². The van der Waals surface area contributed by atoms with Gasteiger partial charge in [-0.2, -0.15) is 4.31 Å². The molecule has 1 aromatic carbocycles. The van der Waals surface area contributed by atoms with E-state index in [-0.39, 0.29) is 28.1 Å². The molecule has 0 aliphatic heterocycles. The number of rotatable bonds is 7. The number of furan rings is 1. The van der Waals surface area contributed by atoms with Crippen LogP contribution in [0.5, 0.6) is 0 Å². The average Bonchev–Trinajstić information content (AvgIpc) is 3.13. The van der Waals surface area contributed by atoms with Crippen LogP contribution in [0.2, 0.25) is 5.02 Å². The Hall–Kier alpha value is -1.87. The van der Waals surface area contributed by atoms with Gasteiger partial charge in [-0.3, -0.25) is 4.79 Å². The number of hydrogen-bond donors (Lipinski definition) is 2. The molecule has 1 unspecified atom stereocenters. The number of hydrogen-bond acceptors (Lipinski definition) is 5. The minimum absolute atomic E-state index is 0.0107. The smallest absolute Gasteiger partial charge is 0.252 e. The molecular formula is C17H21ClN2O5S. The topological polar surface area (TPSA) is 99.9 Å². The summed E-state index contributed by atoms with van der Waals surface area (Å²) < 4.78 is 31.4. The summed E-state index contributed by atoms with van der Waals surface area (Å²) in [6.07, 6.45) is 0.392. The molecule has 0 aliphatic rings. The largest absolute Gasteiger partial charge is 0.467 e. The lowest BCUT2D eigenvalue weighted by Gasteiger charge is -2.21. The summed E-state index contributed by atoms with van der Waals surface area (Å²) in [6, 6.07) is 6.91. The van der Waals surface area contributed by atoms with Crippen LogP contribution < -0.4 is 5.32 Å². The van der Waals surface area contributed by atoms with Gasteiger partial charge in [0, 0.05) is 13.1 Å². The Kier molecular flexibility index (Phi) is 6.46. The maximum atomic E-state index is 12.6. The van der Waals surface area contributed by atoms with Gasteiger partial charge in [0.25, 0.3) is 5.91 Å². The van der Waals surface area contributed by atoms with Crippen LogP contribution in [-0.4, -0.2) is 43.4 Å². The molecule has 9 heteroatoms. The number of halogens is 1. The zero-order valence-corrected chi connectivity index (χ0v) is 16.2. The van der Waals surface area contributed by atoms with Crippen molar-refractivity contribution in [3.8, 4) is 0 Å². The minimum Gasteiger partial charge on any atom is -0.467 e. The lowest BCUT2D eigenvalue weighted by Crippen LogP contribution is -2.33. The van der Waals surface area contributed by atoms with Crippen molar-refractivity contribution in [2.45, 2.75) is 30.9 Å². The Morgan fingerprint density at radius 1 is 1.35 bits per heavy atom. The molecule has 0 bridgehead atoms. The van der Waals surface area contributed by atoms with Crippen molar-refractivity contribution >= 4 is 27.5 Å². The normalized spacial score (nSPS) is 13.2. The van der Waals surface area contributed by atoms with Gasteiger partial charge in [0.1, 0.15) is 11.9 Å². The number of sulfonamides is 1. The Labute approximate surface area is 157 Å². The van der Waals surface area contributed by atoms with Gasteiger partial charge in [-0.15, -0.1) is 0 Å². The fourth-order valence-electron chi connectivity index (χ4n) is 2.15. The minimum atomic E-state index is -3.75. The lowest BCUT2D eigenvalue weighted by molar-refractivity contribution is 0.0901. The Morgan fingerprint density at radius 3 is 2.62 bits per heavy atom. The molecule has 142 valence electrons. The molecule has 1 amide bonds. The van der Waals surface area contributed by atoms with Crippen LogP contribution in [0.4, 0.5) is 0 Å². The van der Waals surface area contributed by atoms with Crippen molar-refractivity contribution in [3.05, 3.63) is 52.9 Å². The van der Waals surface area contributed by atoms with E-state index in [1.165, 1.54) is 35.8 Å². The summed E-state index contributed by atoms with van der Waals surface area (Å²) in [5.74, 6) is -0.281. The van der Waals surface area contributed by atoms with E-state index in [9.17, 15) is 18.3 Å². The average molecular weight is 401 g/mol. The molecule has 0 fully saturated rings. The predicted molar refractivity (Wildman–Crippen MR) is 97.5 cm³/mol. The number of carbonyl (C=O) groups is 1. The molecule has 0 saturated heterocycles. The molecule has 1 aromatic heterocycles. The first-order valence-corrected chi connectivity index (χ1v) is 9.73. The van der Waals surface area contributed by atoms with Crippen LogP contribution in [0.1, 0.15) is 36.1 Å². The van der Waals surface area contributed by atoms with E-state index in [4.69, 9.17) is 16.0 Å². The van der Waals surface area contributed by atoms with Gasteiger partial charge in [0.05, 0.1) is 28.3 Å². The van der Waals surface area contributed by atoms with Gasteiger partial charge in [-0.05, 0) is 44.2 Å². The predicted octanol–water partition coefficient (Wildman–Crippen LogP) is 2.43. The molecule has 7 nitrogen and oxygen atoms in total. The van der Waals surface area contributed by atoms with E-state index >= 15 is 0 Å². The molecule has 1 heterocycles. The standard InChI is InChI=1S/C17H21ClN2O5S/c1-11(2)20(3)26(23,24)12-6-7-14(18)13(9-12)17(22)19-10-15(21)16-5-4-8-25-16/h4-9,11,15,21H,10H2,1-3H3,(H,19,22). The van der Waals surface area contributed by atoms with Crippen molar-refractivity contribution in [2.75, 3.05) is 13.6 Å². The van der Waals surface area contributed by atoms with Gasteiger partial charge in [0.15, 0.2) is 0 Å². The summed E-state index contributed by atoms with van der Waals surface area (Å²) in [5, 5.41) is 12.6. The summed E-state index contributed by atoms with van der Waals surface area (Å²) in [4.78, 5) is 12.3. The van der Waals surface area contributed by atoms with Crippen LogP contribution >= 0.6 is 11.6 Å². The summed E-state index contributed by atoms with van der Waals surface area (Å²) in [6.45, 7) is 3.39. The fraction of sp³-hybridized carbons (Fsp3) is 0.353. The van der Waals surface area contributed by atoms with Crippen LogP contribution in [-0.2, 0) is 10.0 Å². The van der Waals surface area contributed by atoms with Gasteiger partial charge >= 0.3 is 0 Å². The molecule has 0 aliphatic carbocycles. The van der Waals surface area contributed by atoms with E-state index in [1.54, 1.807) is 26.0 Å². The maximum Gasteiger partial charge on any atom is 0.252 e. The molecule has 2 rings (SSSR count).